The molecule has 0 bridgehead atoms. The van der Waals surface area contributed by atoms with Crippen LogP contribution in [0.15, 0.2) is 77.8 Å². The number of rotatable bonds is 8. The number of halogens is 2. The van der Waals surface area contributed by atoms with Gasteiger partial charge in [0.15, 0.2) is 0 Å². The van der Waals surface area contributed by atoms with Gasteiger partial charge in [0.2, 0.25) is 10.0 Å². The SMILES string of the molecule is CCNS(=O)(=O)c1ccc(F)c(C(=O)NCC(c2ccccc2Cl)c2c[nH]c3ccccc23)c1. The van der Waals surface area contributed by atoms with E-state index in [4.69, 9.17) is 11.6 Å². The summed E-state index contributed by atoms with van der Waals surface area (Å²) in [6.45, 7) is 1.92. The molecule has 3 N–H and O–H groups in total. The Morgan fingerprint density at radius 1 is 1.06 bits per heavy atom. The second kappa shape index (κ2) is 9.97. The van der Waals surface area contributed by atoms with E-state index >= 15 is 0 Å². The minimum atomic E-state index is -3.84. The fraction of sp³-hybridized carbons (Fsp3) is 0.160. The molecule has 1 unspecified atom stereocenters. The van der Waals surface area contributed by atoms with Gasteiger partial charge in [-0.15, -0.1) is 0 Å². The highest BCUT2D eigenvalue weighted by atomic mass is 35.5. The molecule has 3 aromatic carbocycles. The number of carbonyl (C=O) groups is 1. The molecule has 9 heteroatoms. The van der Waals surface area contributed by atoms with Crippen molar-refractivity contribution in [2.75, 3.05) is 13.1 Å². The normalized spacial score (nSPS) is 12.6. The first-order valence-corrected chi connectivity index (χ1v) is 12.6. The van der Waals surface area contributed by atoms with Gasteiger partial charge in [-0.3, -0.25) is 4.79 Å². The fourth-order valence-electron chi connectivity index (χ4n) is 3.94. The van der Waals surface area contributed by atoms with Gasteiger partial charge in [0.1, 0.15) is 5.82 Å². The molecular weight excluding hydrogens is 477 g/mol. The van der Waals surface area contributed by atoms with E-state index in [1.54, 1.807) is 13.0 Å². The van der Waals surface area contributed by atoms with Gasteiger partial charge in [-0.05, 0) is 41.5 Å². The maximum absolute atomic E-state index is 14.5. The van der Waals surface area contributed by atoms with Crippen LogP contribution in [0, 0.1) is 5.82 Å². The van der Waals surface area contributed by atoms with Gasteiger partial charge in [0.25, 0.3) is 5.91 Å². The molecule has 1 atom stereocenters. The lowest BCUT2D eigenvalue weighted by Crippen LogP contribution is -2.30. The number of hydrogen-bond donors (Lipinski definition) is 3. The number of aromatic nitrogens is 1. The van der Waals surface area contributed by atoms with Crippen LogP contribution < -0.4 is 10.0 Å². The van der Waals surface area contributed by atoms with Crippen LogP contribution in [0.2, 0.25) is 5.02 Å². The summed E-state index contributed by atoms with van der Waals surface area (Å²) in [5.74, 6) is -1.86. The molecule has 1 amide bonds. The average molecular weight is 500 g/mol. The van der Waals surface area contributed by atoms with E-state index in [9.17, 15) is 17.6 Å². The molecule has 0 aliphatic heterocycles. The smallest absolute Gasteiger partial charge is 0.254 e. The Morgan fingerprint density at radius 3 is 2.56 bits per heavy atom. The monoisotopic (exact) mass is 499 g/mol. The fourth-order valence-corrected chi connectivity index (χ4v) is 5.27. The largest absolute Gasteiger partial charge is 0.361 e. The standard InChI is InChI=1S/C25H23ClFN3O3S/c1-2-30-34(32,33)16-11-12-23(27)19(13-16)25(31)29-15-20(17-7-3-5-9-22(17)26)21-14-28-24-10-6-4-8-18(21)24/h3-14,20,28,30H,2,15H2,1H3,(H,29,31). The zero-order valence-corrected chi connectivity index (χ0v) is 19.9. The zero-order valence-electron chi connectivity index (χ0n) is 18.3. The van der Waals surface area contributed by atoms with Gasteiger partial charge in [-0.25, -0.2) is 17.5 Å². The van der Waals surface area contributed by atoms with E-state index in [-0.39, 0.29) is 29.5 Å². The van der Waals surface area contributed by atoms with Crippen molar-refractivity contribution >= 4 is 38.4 Å². The van der Waals surface area contributed by atoms with Crippen molar-refractivity contribution in [2.45, 2.75) is 17.7 Å². The molecular formula is C25H23ClFN3O3S. The number of nitrogens with one attached hydrogen (secondary N) is 3. The molecule has 4 rings (SSSR count). The summed E-state index contributed by atoms with van der Waals surface area (Å²) in [6.07, 6.45) is 1.87. The van der Waals surface area contributed by atoms with Crippen LogP contribution in [0.5, 0.6) is 0 Å². The number of aromatic amines is 1. The van der Waals surface area contributed by atoms with Crippen molar-refractivity contribution < 1.29 is 17.6 Å². The zero-order chi connectivity index (χ0) is 24.3. The van der Waals surface area contributed by atoms with Crippen molar-refractivity contribution in [3.05, 3.63) is 100 Å². The molecule has 0 saturated carbocycles. The predicted molar refractivity (Wildman–Crippen MR) is 131 cm³/mol. The third-order valence-electron chi connectivity index (χ3n) is 5.57. The Balaban J connectivity index is 1.67. The number of sulfonamides is 1. The molecule has 0 aliphatic carbocycles. The van der Waals surface area contributed by atoms with E-state index in [1.807, 2.05) is 48.7 Å². The highest BCUT2D eigenvalue weighted by molar-refractivity contribution is 7.89. The summed E-state index contributed by atoms with van der Waals surface area (Å²) < 4.78 is 41.4. The second-order valence-electron chi connectivity index (χ2n) is 7.72. The number of benzene rings is 3. The quantitative estimate of drug-likeness (QED) is 0.324. The second-order valence-corrected chi connectivity index (χ2v) is 9.89. The van der Waals surface area contributed by atoms with E-state index in [0.29, 0.717) is 5.02 Å². The summed E-state index contributed by atoms with van der Waals surface area (Å²) in [7, 11) is -3.84. The molecule has 4 aromatic rings. The summed E-state index contributed by atoms with van der Waals surface area (Å²) in [6, 6.07) is 18.3. The molecule has 176 valence electrons. The maximum atomic E-state index is 14.5. The molecule has 34 heavy (non-hydrogen) atoms. The first kappa shape index (κ1) is 23.9. The van der Waals surface area contributed by atoms with Crippen molar-refractivity contribution in [2.24, 2.45) is 0 Å². The van der Waals surface area contributed by atoms with Gasteiger partial charge < -0.3 is 10.3 Å². The summed E-state index contributed by atoms with van der Waals surface area (Å²) in [5, 5.41) is 4.28. The number of amides is 1. The third-order valence-corrected chi connectivity index (χ3v) is 7.46. The lowest BCUT2D eigenvalue weighted by molar-refractivity contribution is 0.0948. The topological polar surface area (TPSA) is 91.1 Å². The Kier molecular flexibility index (Phi) is 7.02. The van der Waals surface area contributed by atoms with Crippen LogP contribution in [-0.4, -0.2) is 32.4 Å². The van der Waals surface area contributed by atoms with Crippen molar-refractivity contribution in [1.82, 2.24) is 15.0 Å². The molecule has 1 aromatic heterocycles. The first-order valence-electron chi connectivity index (χ1n) is 10.7. The van der Waals surface area contributed by atoms with Crippen molar-refractivity contribution in [1.29, 1.82) is 0 Å². The molecule has 0 spiro atoms. The minimum absolute atomic E-state index is 0.119. The van der Waals surface area contributed by atoms with E-state index in [1.165, 1.54) is 0 Å². The van der Waals surface area contributed by atoms with Gasteiger partial charge >= 0.3 is 0 Å². The van der Waals surface area contributed by atoms with Crippen LogP contribution in [-0.2, 0) is 10.0 Å². The van der Waals surface area contributed by atoms with E-state index < -0.39 is 21.7 Å². The number of para-hydroxylation sites is 1. The van der Waals surface area contributed by atoms with Crippen LogP contribution in [0.3, 0.4) is 0 Å². The van der Waals surface area contributed by atoms with E-state index in [2.05, 4.69) is 15.0 Å². The van der Waals surface area contributed by atoms with Crippen LogP contribution in [0.1, 0.15) is 34.3 Å². The van der Waals surface area contributed by atoms with Crippen LogP contribution in [0.25, 0.3) is 10.9 Å². The predicted octanol–water partition coefficient (Wildman–Crippen LogP) is 4.82. The molecule has 0 saturated heterocycles. The Labute approximate surface area is 202 Å². The van der Waals surface area contributed by atoms with Gasteiger partial charge in [-0.2, -0.15) is 0 Å². The van der Waals surface area contributed by atoms with Gasteiger partial charge in [0, 0.05) is 41.1 Å². The van der Waals surface area contributed by atoms with Crippen molar-refractivity contribution in [3.63, 3.8) is 0 Å². The van der Waals surface area contributed by atoms with Crippen molar-refractivity contribution in [3.8, 4) is 0 Å². The third kappa shape index (κ3) is 4.84. The van der Waals surface area contributed by atoms with Crippen LogP contribution in [0.4, 0.5) is 4.39 Å². The number of hydrogen-bond acceptors (Lipinski definition) is 3. The summed E-state index contributed by atoms with van der Waals surface area (Å²) >= 11 is 6.49. The Hall–Kier alpha value is -3.20. The average Bonchev–Trinajstić information content (AvgIpc) is 3.24. The number of H-pyrrole nitrogens is 1. The highest BCUT2D eigenvalue weighted by Crippen LogP contribution is 2.34. The maximum Gasteiger partial charge on any atom is 0.254 e. The molecule has 6 nitrogen and oxygen atoms in total. The molecule has 0 radical (unpaired) electrons. The van der Waals surface area contributed by atoms with Gasteiger partial charge in [-0.1, -0.05) is 54.9 Å². The Morgan fingerprint density at radius 2 is 1.79 bits per heavy atom. The molecule has 0 fully saturated rings. The number of carbonyl (C=O) groups excluding carboxylic acids is 1. The van der Waals surface area contributed by atoms with E-state index in [0.717, 1.165) is 40.2 Å². The lowest BCUT2D eigenvalue weighted by atomic mass is 9.90. The van der Waals surface area contributed by atoms with Gasteiger partial charge in [0.05, 0.1) is 10.5 Å². The van der Waals surface area contributed by atoms with Crippen LogP contribution >= 0.6 is 11.6 Å². The molecule has 0 aliphatic rings. The lowest BCUT2D eigenvalue weighted by Gasteiger charge is -2.20. The first-order chi connectivity index (χ1) is 16.3. The Bertz CT molecular complexity index is 1450. The summed E-state index contributed by atoms with van der Waals surface area (Å²) in [5.41, 5.74) is 2.31. The minimum Gasteiger partial charge on any atom is -0.361 e. The highest BCUT2D eigenvalue weighted by Gasteiger charge is 2.23. The summed E-state index contributed by atoms with van der Waals surface area (Å²) in [4.78, 5) is 16.0. The molecule has 1 heterocycles. The number of fused-ring (bicyclic) bond motifs is 1.